The molecule has 2 nitrogen and oxygen atoms in total. The number of hydrogen-bond donors (Lipinski definition) is 1. The Morgan fingerprint density at radius 3 is 2.58 bits per heavy atom. The molecule has 106 valence electrons. The summed E-state index contributed by atoms with van der Waals surface area (Å²) in [6, 6.07) is 8.80. The number of benzene rings is 1. The Hall–Kier alpha value is -0.930. The fraction of sp³-hybridized carbons (Fsp3) is 0.562. The van der Waals surface area contributed by atoms with Crippen molar-refractivity contribution in [1.29, 1.82) is 0 Å². The summed E-state index contributed by atoms with van der Waals surface area (Å²) in [4.78, 5) is 3.02. The highest BCUT2D eigenvalue weighted by atomic mass is 32.1. The molecule has 0 radical (unpaired) electrons. The van der Waals surface area contributed by atoms with E-state index in [2.05, 4.69) is 37.8 Å². The van der Waals surface area contributed by atoms with E-state index in [4.69, 9.17) is 18.0 Å². The highest BCUT2D eigenvalue weighted by Crippen LogP contribution is 2.15. The lowest BCUT2D eigenvalue weighted by Crippen LogP contribution is -2.33. The number of rotatable bonds is 8. The number of thiocarbonyl (C=S) groups is 1. The summed E-state index contributed by atoms with van der Waals surface area (Å²) in [5, 5.41) is 0. The van der Waals surface area contributed by atoms with Gasteiger partial charge in [-0.3, -0.25) is 4.90 Å². The van der Waals surface area contributed by atoms with Crippen LogP contribution in [-0.2, 0) is 6.54 Å². The van der Waals surface area contributed by atoms with E-state index in [0.717, 1.165) is 18.7 Å². The molecule has 0 heterocycles. The number of nitrogens with zero attached hydrogens (tertiary/aromatic N) is 1. The van der Waals surface area contributed by atoms with Gasteiger partial charge >= 0.3 is 0 Å². The molecule has 0 saturated heterocycles. The largest absolute Gasteiger partial charge is 0.389 e. The lowest BCUT2D eigenvalue weighted by molar-refractivity contribution is 0.192. The monoisotopic (exact) mass is 278 g/mol. The maximum atomic E-state index is 5.81. The van der Waals surface area contributed by atoms with E-state index < -0.39 is 0 Å². The van der Waals surface area contributed by atoms with E-state index >= 15 is 0 Å². The third-order valence-electron chi connectivity index (χ3n) is 3.67. The van der Waals surface area contributed by atoms with Crippen LogP contribution in [0, 0.1) is 0 Å². The lowest BCUT2D eigenvalue weighted by Gasteiger charge is -2.29. The fourth-order valence-electron chi connectivity index (χ4n) is 2.19. The predicted molar refractivity (Wildman–Crippen MR) is 87.4 cm³/mol. The molecule has 0 aliphatic rings. The summed E-state index contributed by atoms with van der Waals surface area (Å²) in [6.45, 7) is 8.83. The van der Waals surface area contributed by atoms with E-state index in [0.29, 0.717) is 11.0 Å². The van der Waals surface area contributed by atoms with Crippen molar-refractivity contribution >= 4 is 17.2 Å². The molecule has 19 heavy (non-hydrogen) atoms. The second kappa shape index (κ2) is 8.28. The Balaban J connectivity index is 2.86. The van der Waals surface area contributed by atoms with Crippen LogP contribution < -0.4 is 5.73 Å². The minimum absolute atomic E-state index is 0.496. The van der Waals surface area contributed by atoms with Crippen molar-refractivity contribution in [1.82, 2.24) is 4.90 Å². The first-order valence-corrected chi connectivity index (χ1v) is 7.62. The topological polar surface area (TPSA) is 29.3 Å². The summed E-state index contributed by atoms with van der Waals surface area (Å²) in [5.74, 6) is 0. The second-order valence-electron chi connectivity index (χ2n) is 5.10. The predicted octanol–water partition coefficient (Wildman–Crippen LogP) is 3.72. The van der Waals surface area contributed by atoms with Gasteiger partial charge in [0.25, 0.3) is 0 Å². The van der Waals surface area contributed by atoms with Crippen LogP contribution in [0.15, 0.2) is 24.3 Å². The normalized spacial score (nSPS) is 12.6. The van der Waals surface area contributed by atoms with Gasteiger partial charge < -0.3 is 5.73 Å². The van der Waals surface area contributed by atoms with Crippen molar-refractivity contribution in [2.24, 2.45) is 5.73 Å². The van der Waals surface area contributed by atoms with Crippen LogP contribution in [0.25, 0.3) is 0 Å². The van der Waals surface area contributed by atoms with Gasteiger partial charge in [-0.05, 0) is 31.9 Å². The van der Waals surface area contributed by atoms with Crippen molar-refractivity contribution in [3.63, 3.8) is 0 Å². The molecule has 2 N–H and O–H groups in total. The van der Waals surface area contributed by atoms with Crippen LogP contribution in [0.2, 0.25) is 0 Å². The van der Waals surface area contributed by atoms with Crippen LogP contribution in [0.5, 0.6) is 0 Å². The van der Waals surface area contributed by atoms with Crippen LogP contribution >= 0.6 is 12.2 Å². The fourth-order valence-corrected chi connectivity index (χ4v) is 2.39. The van der Waals surface area contributed by atoms with Gasteiger partial charge in [-0.2, -0.15) is 0 Å². The van der Waals surface area contributed by atoms with Gasteiger partial charge in [0.1, 0.15) is 4.99 Å². The van der Waals surface area contributed by atoms with Gasteiger partial charge in [0.2, 0.25) is 0 Å². The Kier molecular flexibility index (Phi) is 7.03. The quantitative estimate of drug-likeness (QED) is 0.735. The van der Waals surface area contributed by atoms with Gasteiger partial charge in [0.05, 0.1) is 0 Å². The number of nitrogens with two attached hydrogens (primary N) is 1. The second-order valence-corrected chi connectivity index (χ2v) is 5.54. The van der Waals surface area contributed by atoms with Crippen LogP contribution in [0.4, 0.5) is 0 Å². The van der Waals surface area contributed by atoms with Gasteiger partial charge in [-0.1, -0.05) is 56.8 Å². The van der Waals surface area contributed by atoms with Crippen LogP contribution in [0.3, 0.4) is 0 Å². The molecule has 0 aliphatic heterocycles. The van der Waals surface area contributed by atoms with E-state index in [1.54, 1.807) is 0 Å². The Labute approximate surface area is 123 Å². The molecule has 0 bridgehead atoms. The van der Waals surface area contributed by atoms with Gasteiger partial charge in [0.15, 0.2) is 0 Å². The maximum Gasteiger partial charge on any atom is 0.104 e. The summed E-state index contributed by atoms with van der Waals surface area (Å²) < 4.78 is 0. The lowest BCUT2D eigenvalue weighted by atomic mass is 10.1. The average Bonchev–Trinajstić information content (AvgIpc) is 2.42. The van der Waals surface area contributed by atoms with Crippen molar-refractivity contribution in [3.8, 4) is 0 Å². The van der Waals surface area contributed by atoms with Gasteiger partial charge in [0, 0.05) is 18.2 Å². The summed E-state index contributed by atoms with van der Waals surface area (Å²) in [6.07, 6.45) is 3.63. The first kappa shape index (κ1) is 16.1. The van der Waals surface area contributed by atoms with Crippen molar-refractivity contribution in [2.45, 2.75) is 52.6 Å². The van der Waals surface area contributed by atoms with Gasteiger partial charge in [-0.15, -0.1) is 0 Å². The maximum absolute atomic E-state index is 5.81. The summed E-state index contributed by atoms with van der Waals surface area (Å²) in [7, 11) is 0. The molecule has 3 heteroatoms. The van der Waals surface area contributed by atoms with Gasteiger partial charge in [-0.25, -0.2) is 0 Å². The molecule has 0 saturated carbocycles. The zero-order chi connectivity index (χ0) is 14.3. The first-order chi connectivity index (χ1) is 9.10. The molecule has 1 rings (SSSR count). The van der Waals surface area contributed by atoms with Crippen molar-refractivity contribution in [2.75, 3.05) is 6.54 Å². The van der Waals surface area contributed by atoms with Crippen molar-refractivity contribution in [3.05, 3.63) is 35.4 Å². The Morgan fingerprint density at radius 2 is 2.00 bits per heavy atom. The molecule has 0 aromatic heterocycles. The first-order valence-electron chi connectivity index (χ1n) is 7.21. The molecule has 0 spiro atoms. The van der Waals surface area contributed by atoms with Crippen LogP contribution in [-0.4, -0.2) is 22.5 Å². The minimum atomic E-state index is 0.496. The molecule has 1 aromatic carbocycles. The zero-order valence-electron chi connectivity index (χ0n) is 12.4. The zero-order valence-corrected chi connectivity index (χ0v) is 13.2. The summed E-state index contributed by atoms with van der Waals surface area (Å²) in [5.41, 5.74) is 8.07. The Morgan fingerprint density at radius 1 is 1.32 bits per heavy atom. The van der Waals surface area contributed by atoms with E-state index in [9.17, 15) is 0 Å². The smallest absolute Gasteiger partial charge is 0.104 e. The van der Waals surface area contributed by atoms with E-state index in [1.165, 1.54) is 24.8 Å². The molecule has 0 aliphatic carbocycles. The summed E-state index contributed by atoms with van der Waals surface area (Å²) >= 11 is 5.14. The van der Waals surface area contributed by atoms with E-state index in [-0.39, 0.29) is 0 Å². The molecule has 0 fully saturated rings. The minimum Gasteiger partial charge on any atom is -0.389 e. The third kappa shape index (κ3) is 4.92. The molecular weight excluding hydrogens is 252 g/mol. The highest BCUT2D eigenvalue weighted by molar-refractivity contribution is 7.80. The van der Waals surface area contributed by atoms with Crippen molar-refractivity contribution < 1.29 is 0 Å². The SMILES string of the molecule is CCCCN(Cc1ccccc1C(N)=S)C(C)CC. The number of unbranched alkanes of at least 4 members (excludes halogenated alkanes) is 1. The molecule has 1 aromatic rings. The molecule has 0 amide bonds. The van der Waals surface area contributed by atoms with Crippen LogP contribution in [0.1, 0.15) is 51.2 Å². The molecule has 1 atom stereocenters. The standard InChI is InChI=1S/C16H26N2S/c1-4-6-11-18(13(3)5-2)12-14-9-7-8-10-15(14)16(17)19/h7-10,13H,4-6,11-12H2,1-3H3,(H2,17,19). The molecular formula is C16H26N2S. The number of hydrogen-bond acceptors (Lipinski definition) is 2. The highest BCUT2D eigenvalue weighted by Gasteiger charge is 2.14. The average molecular weight is 278 g/mol. The molecule has 1 unspecified atom stereocenters. The van der Waals surface area contributed by atoms with E-state index in [1.807, 2.05) is 12.1 Å². The third-order valence-corrected chi connectivity index (χ3v) is 3.89. The Bertz CT molecular complexity index is 403.